The number of ether oxygens (including phenoxy) is 2. The number of benzene rings is 1. The molecule has 1 fully saturated rings. The summed E-state index contributed by atoms with van der Waals surface area (Å²) in [6.07, 6.45) is 3.25. The van der Waals surface area contributed by atoms with Gasteiger partial charge in [0.15, 0.2) is 5.82 Å². The number of nitrogens with zero attached hydrogens (tertiary/aromatic N) is 3. The van der Waals surface area contributed by atoms with Crippen LogP contribution in [-0.4, -0.2) is 55.0 Å². The van der Waals surface area contributed by atoms with Crippen LogP contribution in [0.15, 0.2) is 24.3 Å². The van der Waals surface area contributed by atoms with Crippen molar-refractivity contribution in [2.24, 2.45) is 0 Å². The molecule has 26 heavy (non-hydrogen) atoms. The molecule has 6 heteroatoms. The molecule has 0 unspecified atom stereocenters. The second-order valence-electron chi connectivity index (χ2n) is 7.13. The van der Waals surface area contributed by atoms with Crippen molar-refractivity contribution >= 4 is 5.82 Å². The van der Waals surface area contributed by atoms with E-state index < -0.39 is 0 Å². The SMILES string of the molecule is COc1ccc(-c2nnc(N[C@@H]3CCCN(C)C3)c3c2CCOC3)cc1. The Bertz CT molecular complexity index is 763. The number of likely N-dealkylation sites (N-methyl/N-ethyl adjacent to an activating group) is 1. The summed E-state index contributed by atoms with van der Waals surface area (Å²) in [6, 6.07) is 8.43. The molecule has 0 amide bonds. The van der Waals surface area contributed by atoms with Crippen molar-refractivity contribution in [3.8, 4) is 17.0 Å². The second-order valence-corrected chi connectivity index (χ2v) is 7.13. The van der Waals surface area contributed by atoms with Gasteiger partial charge in [-0.1, -0.05) is 0 Å². The topological polar surface area (TPSA) is 59.5 Å². The Morgan fingerprint density at radius 1 is 1.19 bits per heavy atom. The molecule has 0 spiro atoms. The first kappa shape index (κ1) is 17.2. The maximum absolute atomic E-state index is 5.74. The molecular weight excluding hydrogens is 328 g/mol. The van der Waals surface area contributed by atoms with E-state index in [0.717, 1.165) is 48.0 Å². The third-order valence-electron chi connectivity index (χ3n) is 5.26. The van der Waals surface area contributed by atoms with Crippen LogP contribution in [0.5, 0.6) is 5.75 Å². The van der Waals surface area contributed by atoms with E-state index in [-0.39, 0.29) is 0 Å². The molecule has 138 valence electrons. The molecule has 3 heterocycles. The molecular formula is C20H26N4O2. The van der Waals surface area contributed by atoms with Crippen LogP contribution in [0, 0.1) is 0 Å². The standard InChI is InChI=1S/C20H26N4O2/c1-24-10-3-4-15(12-24)21-20-18-13-26-11-9-17(18)19(22-23-20)14-5-7-16(25-2)8-6-14/h5-8,15H,3-4,9-13H2,1-2H3,(H,21,23)/t15-/m1/s1. The molecule has 1 saturated heterocycles. The van der Waals surface area contributed by atoms with Gasteiger partial charge in [0.25, 0.3) is 0 Å². The first-order valence-electron chi connectivity index (χ1n) is 9.30. The lowest BCUT2D eigenvalue weighted by Gasteiger charge is -2.31. The number of rotatable bonds is 4. The zero-order valence-corrected chi connectivity index (χ0v) is 15.5. The average Bonchev–Trinajstić information content (AvgIpc) is 2.68. The molecule has 0 radical (unpaired) electrons. The minimum Gasteiger partial charge on any atom is -0.497 e. The molecule has 1 N–H and O–H groups in total. The number of likely N-dealkylation sites (tertiary alicyclic amines) is 1. The van der Waals surface area contributed by atoms with Crippen LogP contribution in [-0.2, 0) is 17.8 Å². The van der Waals surface area contributed by atoms with Crippen molar-refractivity contribution in [3.05, 3.63) is 35.4 Å². The fourth-order valence-electron chi connectivity index (χ4n) is 3.85. The van der Waals surface area contributed by atoms with E-state index in [9.17, 15) is 0 Å². The van der Waals surface area contributed by atoms with Crippen molar-refractivity contribution in [1.82, 2.24) is 15.1 Å². The number of hydrogen-bond donors (Lipinski definition) is 1. The molecule has 4 rings (SSSR count). The third kappa shape index (κ3) is 3.52. The van der Waals surface area contributed by atoms with Crippen molar-refractivity contribution in [1.29, 1.82) is 0 Å². The highest BCUT2D eigenvalue weighted by Gasteiger charge is 2.24. The summed E-state index contributed by atoms with van der Waals surface area (Å²) in [5.74, 6) is 1.73. The zero-order chi connectivity index (χ0) is 17.9. The van der Waals surface area contributed by atoms with E-state index in [0.29, 0.717) is 12.6 Å². The summed E-state index contributed by atoms with van der Waals surface area (Å²) in [5, 5.41) is 12.7. The highest BCUT2D eigenvalue weighted by Crippen LogP contribution is 2.32. The number of hydrogen-bond acceptors (Lipinski definition) is 6. The van der Waals surface area contributed by atoms with Gasteiger partial charge in [0, 0.05) is 23.7 Å². The molecule has 2 aliphatic heterocycles. The maximum atomic E-state index is 5.74. The monoisotopic (exact) mass is 354 g/mol. The Balaban J connectivity index is 1.65. The molecule has 2 aliphatic rings. The van der Waals surface area contributed by atoms with E-state index in [2.05, 4.69) is 27.5 Å². The van der Waals surface area contributed by atoms with Gasteiger partial charge < -0.3 is 19.7 Å². The molecule has 1 aromatic carbocycles. The summed E-state index contributed by atoms with van der Waals surface area (Å²) in [4.78, 5) is 2.36. The fraction of sp³-hybridized carbons (Fsp3) is 0.500. The number of piperidine rings is 1. The Morgan fingerprint density at radius 3 is 2.81 bits per heavy atom. The Labute approximate surface area is 154 Å². The van der Waals surface area contributed by atoms with E-state index in [4.69, 9.17) is 9.47 Å². The Hall–Kier alpha value is -2.18. The fourth-order valence-corrected chi connectivity index (χ4v) is 3.85. The van der Waals surface area contributed by atoms with Crippen molar-refractivity contribution in [2.75, 3.05) is 39.2 Å². The Kier molecular flexibility index (Phi) is 5.04. The zero-order valence-electron chi connectivity index (χ0n) is 15.5. The highest BCUT2D eigenvalue weighted by molar-refractivity contribution is 5.68. The van der Waals surface area contributed by atoms with Crippen molar-refractivity contribution in [2.45, 2.75) is 31.9 Å². The smallest absolute Gasteiger partial charge is 0.154 e. The van der Waals surface area contributed by atoms with Gasteiger partial charge in [-0.25, -0.2) is 0 Å². The molecule has 1 aromatic heterocycles. The number of aromatic nitrogens is 2. The first-order valence-corrected chi connectivity index (χ1v) is 9.30. The number of fused-ring (bicyclic) bond motifs is 1. The number of nitrogens with one attached hydrogen (secondary N) is 1. The number of anilines is 1. The minimum atomic E-state index is 0.418. The van der Waals surface area contributed by atoms with Crippen LogP contribution in [0.3, 0.4) is 0 Å². The lowest BCUT2D eigenvalue weighted by molar-refractivity contribution is 0.111. The molecule has 2 aromatic rings. The normalized spacial score (nSPS) is 20.5. The van der Waals surface area contributed by atoms with E-state index in [1.807, 2.05) is 24.3 Å². The lowest BCUT2D eigenvalue weighted by atomic mass is 9.97. The van der Waals surface area contributed by atoms with Crippen LogP contribution in [0.2, 0.25) is 0 Å². The predicted octanol–water partition coefficient (Wildman–Crippen LogP) is 2.73. The van der Waals surface area contributed by atoms with Gasteiger partial charge >= 0.3 is 0 Å². The second kappa shape index (κ2) is 7.60. The van der Waals surface area contributed by atoms with Gasteiger partial charge in [0.2, 0.25) is 0 Å². The van der Waals surface area contributed by atoms with Crippen LogP contribution in [0.25, 0.3) is 11.3 Å². The van der Waals surface area contributed by atoms with Gasteiger partial charge in [-0.2, -0.15) is 0 Å². The largest absolute Gasteiger partial charge is 0.497 e. The average molecular weight is 354 g/mol. The quantitative estimate of drug-likeness (QED) is 0.911. The molecule has 0 bridgehead atoms. The summed E-state index contributed by atoms with van der Waals surface area (Å²) in [7, 11) is 3.85. The minimum absolute atomic E-state index is 0.418. The van der Waals surface area contributed by atoms with E-state index in [1.54, 1.807) is 7.11 Å². The first-order chi connectivity index (χ1) is 12.7. The van der Waals surface area contributed by atoms with Crippen molar-refractivity contribution in [3.63, 3.8) is 0 Å². The van der Waals surface area contributed by atoms with Crippen LogP contribution in [0.1, 0.15) is 24.0 Å². The van der Waals surface area contributed by atoms with Gasteiger partial charge in [0.05, 0.1) is 26.0 Å². The van der Waals surface area contributed by atoms with Crippen LogP contribution in [0.4, 0.5) is 5.82 Å². The molecule has 6 nitrogen and oxygen atoms in total. The van der Waals surface area contributed by atoms with Gasteiger partial charge in [0.1, 0.15) is 5.75 Å². The third-order valence-corrected chi connectivity index (χ3v) is 5.26. The predicted molar refractivity (Wildman–Crippen MR) is 102 cm³/mol. The van der Waals surface area contributed by atoms with Gasteiger partial charge in [-0.3, -0.25) is 0 Å². The van der Waals surface area contributed by atoms with E-state index in [1.165, 1.54) is 24.9 Å². The molecule has 0 aliphatic carbocycles. The summed E-state index contributed by atoms with van der Waals surface area (Å²) in [6.45, 7) is 3.53. The molecule has 1 atom stereocenters. The van der Waals surface area contributed by atoms with Crippen LogP contribution < -0.4 is 10.1 Å². The molecule has 0 saturated carbocycles. The van der Waals surface area contributed by atoms with E-state index >= 15 is 0 Å². The maximum Gasteiger partial charge on any atom is 0.154 e. The van der Waals surface area contributed by atoms with Crippen LogP contribution >= 0.6 is 0 Å². The lowest BCUT2D eigenvalue weighted by Crippen LogP contribution is -2.40. The Morgan fingerprint density at radius 2 is 2.04 bits per heavy atom. The number of methoxy groups -OCH3 is 1. The summed E-state index contributed by atoms with van der Waals surface area (Å²) in [5.41, 5.74) is 4.44. The summed E-state index contributed by atoms with van der Waals surface area (Å²) >= 11 is 0. The van der Waals surface area contributed by atoms with Gasteiger partial charge in [-0.15, -0.1) is 10.2 Å². The highest BCUT2D eigenvalue weighted by atomic mass is 16.5. The van der Waals surface area contributed by atoms with Crippen molar-refractivity contribution < 1.29 is 9.47 Å². The summed E-state index contributed by atoms with van der Waals surface area (Å²) < 4.78 is 11.0. The van der Waals surface area contributed by atoms with Gasteiger partial charge in [-0.05, 0) is 62.7 Å².